The fourth-order valence-corrected chi connectivity index (χ4v) is 2.68. The van der Waals surface area contributed by atoms with E-state index in [0.717, 1.165) is 31.9 Å². The summed E-state index contributed by atoms with van der Waals surface area (Å²) in [6, 6.07) is 0. The Hall–Kier alpha value is -0.530. The lowest BCUT2D eigenvalue weighted by Gasteiger charge is -2.41. The van der Waals surface area contributed by atoms with Crippen LogP contribution < -0.4 is 16.0 Å². The predicted octanol–water partition coefficient (Wildman–Crippen LogP) is 1.88. The van der Waals surface area contributed by atoms with Crippen LogP contribution in [0, 0.1) is 11.3 Å². The number of rotatable bonds is 7. The molecule has 0 radical (unpaired) electrons. The van der Waals surface area contributed by atoms with Gasteiger partial charge >= 0.3 is 0 Å². The second-order valence-electron chi connectivity index (χ2n) is 6.12. The maximum Gasteiger partial charge on any atom is 0.223 e. The number of aliphatic imine (C=N–C) groups is 1. The van der Waals surface area contributed by atoms with E-state index in [1.807, 2.05) is 0 Å². The van der Waals surface area contributed by atoms with E-state index in [9.17, 15) is 4.79 Å². The Kier molecular flexibility index (Phi) is 7.76. The van der Waals surface area contributed by atoms with Crippen molar-refractivity contribution in [3.8, 4) is 0 Å². The quantitative estimate of drug-likeness (QED) is 0.261. The molecule has 2 aliphatic rings. The molecular weight excluding hydrogens is 379 g/mol. The van der Waals surface area contributed by atoms with Gasteiger partial charge in [0.15, 0.2) is 5.96 Å². The summed E-state index contributed by atoms with van der Waals surface area (Å²) < 4.78 is 0. The third-order valence-electron chi connectivity index (χ3n) is 4.68. The number of nitrogens with one attached hydrogen (secondary N) is 3. The SMILES string of the molecule is CCC1(CNC(=NC)NCCNC(=O)C2CC2)CCC1.I. The van der Waals surface area contributed by atoms with Crippen molar-refractivity contribution in [1.29, 1.82) is 0 Å². The molecule has 2 saturated carbocycles. The first-order chi connectivity index (χ1) is 9.69. The average molecular weight is 408 g/mol. The summed E-state index contributed by atoms with van der Waals surface area (Å²) >= 11 is 0. The molecule has 2 aliphatic carbocycles. The van der Waals surface area contributed by atoms with Gasteiger partial charge in [0.2, 0.25) is 5.91 Å². The van der Waals surface area contributed by atoms with Crippen LogP contribution in [0.3, 0.4) is 0 Å². The summed E-state index contributed by atoms with van der Waals surface area (Å²) in [4.78, 5) is 15.7. The predicted molar refractivity (Wildman–Crippen MR) is 97.1 cm³/mol. The topological polar surface area (TPSA) is 65.5 Å². The van der Waals surface area contributed by atoms with Gasteiger partial charge in [-0.1, -0.05) is 13.3 Å². The second kappa shape index (κ2) is 8.80. The van der Waals surface area contributed by atoms with Crippen LogP contribution in [0.2, 0.25) is 0 Å². The molecule has 21 heavy (non-hydrogen) atoms. The minimum Gasteiger partial charge on any atom is -0.356 e. The van der Waals surface area contributed by atoms with Crippen molar-refractivity contribution in [2.24, 2.45) is 16.3 Å². The Bertz CT molecular complexity index is 359. The molecule has 0 atom stereocenters. The van der Waals surface area contributed by atoms with Gasteiger partial charge in [0, 0.05) is 32.6 Å². The molecule has 0 aromatic heterocycles. The van der Waals surface area contributed by atoms with Gasteiger partial charge in [-0.3, -0.25) is 9.79 Å². The first kappa shape index (κ1) is 18.5. The molecular formula is C15H29IN4O. The van der Waals surface area contributed by atoms with E-state index in [0.29, 0.717) is 12.0 Å². The zero-order chi connectivity index (χ0) is 14.4. The monoisotopic (exact) mass is 408 g/mol. The molecule has 6 heteroatoms. The Labute approximate surface area is 145 Å². The molecule has 122 valence electrons. The van der Waals surface area contributed by atoms with Gasteiger partial charge in [-0.15, -0.1) is 24.0 Å². The van der Waals surface area contributed by atoms with E-state index in [4.69, 9.17) is 0 Å². The summed E-state index contributed by atoms with van der Waals surface area (Å²) in [5.74, 6) is 1.33. The number of halogens is 1. The zero-order valence-electron chi connectivity index (χ0n) is 13.2. The van der Waals surface area contributed by atoms with Crippen molar-refractivity contribution < 1.29 is 4.79 Å². The van der Waals surface area contributed by atoms with Gasteiger partial charge in [0.25, 0.3) is 0 Å². The van der Waals surface area contributed by atoms with E-state index >= 15 is 0 Å². The highest BCUT2D eigenvalue weighted by atomic mass is 127. The van der Waals surface area contributed by atoms with Crippen molar-refractivity contribution in [2.75, 3.05) is 26.7 Å². The van der Waals surface area contributed by atoms with Gasteiger partial charge in [0.05, 0.1) is 0 Å². The highest BCUT2D eigenvalue weighted by Gasteiger charge is 2.34. The third kappa shape index (κ3) is 5.64. The van der Waals surface area contributed by atoms with Crippen molar-refractivity contribution in [3.05, 3.63) is 0 Å². The molecule has 0 aromatic rings. The largest absolute Gasteiger partial charge is 0.356 e. The molecule has 0 unspecified atom stereocenters. The van der Waals surface area contributed by atoms with Crippen LogP contribution in [0.15, 0.2) is 4.99 Å². The summed E-state index contributed by atoms with van der Waals surface area (Å²) in [7, 11) is 1.79. The van der Waals surface area contributed by atoms with E-state index in [1.165, 1.54) is 25.7 Å². The Morgan fingerprint density at radius 2 is 1.86 bits per heavy atom. The molecule has 0 saturated heterocycles. The number of carbonyl (C=O) groups excluding carboxylic acids is 1. The lowest BCUT2D eigenvalue weighted by Crippen LogP contribution is -2.47. The van der Waals surface area contributed by atoms with Crippen molar-refractivity contribution in [3.63, 3.8) is 0 Å². The number of hydrogen-bond acceptors (Lipinski definition) is 2. The zero-order valence-corrected chi connectivity index (χ0v) is 15.5. The van der Waals surface area contributed by atoms with Crippen LogP contribution >= 0.6 is 24.0 Å². The van der Waals surface area contributed by atoms with E-state index < -0.39 is 0 Å². The smallest absolute Gasteiger partial charge is 0.223 e. The highest BCUT2D eigenvalue weighted by Crippen LogP contribution is 2.42. The Balaban J connectivity index is 0.00000220. The fourth-order valence-electron chi connectivity index (χ4n) is 2.68. The summed E-state index contributed by atoms with van der Waals surface area (Å²) in [6.45, 7) is 4.65. The third-order valence-corrected chi connectivity index (χ3v) is 4.68. The molecule has 2 fully saturated rings. The molecule has 2 rings (SSSR count). The molecule has 0 heterocycles. The minimum atomic E-state index is 0. The average Bonchev–Trinajstić information content (AvgIpc) is 3.24. The van der Waals surface area contributed by atoms with Gasteiger partial charge in [-0.25, -0.2) is 0 Å². The van der Waals surface area contributed by atoms with Crippen LogP contribution in [0.1, 0.15) is 45.4 Å². The van der Waals surface area contributed by atoms with Crippen LogP contribution in [0.4, 0.5) is 0 Å². The van der Waals surface area contributed by atoms with Crippen molar-refractivity contribution in [1.82, 2.24) is 16.0 Å². The Morgan fingerprint density at radius 3 is 2.33 bits per heavy atom. The van der Waals surface area contributed by atoms with Crippen LogP contribution in [0.5, 0.6) is 0 Å². The number of hydrogen-bond donors (Lipinski definition) is 3. The molecule has 5 nitrogen and oxygen atoms in total. The van der Waals surface area contributed by atoms with Crippen LogP contribution in [-0.4, -0.2) is 38.5 Å². The number of nitrogens with zero attached hydrogens (tertiary/aromatic N) is 1. The molecule has 0 bridgehead atoms. The number of carbonyl (C=O) groups is 1. The van der Waals surface area contributed by atoms with E-state index in [1.54, 1.807) is 7.05 Å². The second-order valence-corrected chi connectivity index (χ2v) is 6.12. The van der Waals surface area contributed by atoms with Crippen molar-refractivity contribution in [2.45, 2.75) is 45.4 Å². The lowest BCUT2D eigenvalue weighted by atomic mass is 9.67. The maximum absolute atomic E-state index is 11.5. The first-order valence-corrected chi connectivity index (χ1v) is 7.91. The lowest BCUT2D eigenvalue weighted by molar-refractivity contribution is -0.122. The fraction of sp³-hybridized carbons (Fsp3) is 0.867. The van der Waals surface area contributed by atoms with Gasteiger partial charge < -0.3 is 16.0 Å². The summed E-state index contributed by atoms with van der Waals surface area (Å²) in [5.41, 5.74) is 0.484. The van der Waals surface area contributed by atoms with Gasteiger partial charge in [-0.05, 0) is 37.5 Å². The van der Waals surface area contributed by atoms with Gasteiger partial charge in [-0.2, -0.15) is 0 Å². The van der Waals surface area contributed by atoms with Crippen LogP contribution in [0.25, 0.3) is 0 Å². The molecule has 0 aliphatic heterocycles. The number of amides is 1. The van der Waals surface area contributed by atoms with E-state index in [2.05, 4.69) is 27.9 Å². The molecule has 0 spiro atoms. The first-order valence-electron chi connectivity index (χ1n) is 7.91. The van der Waals surface area contributed by atoms with Gasteiger partial charge in [0.1, 0.15) is 0 Å². The summed E-state index contributed by atoms with van der Waals surface area (Å²) in [6.07, 6.45) is 7.35. The molecule has 0 aromatic carbocycles. The number of guanidine groups is 1. The Morgan fingerprint density at radius 1 is 1.19 bits per heavy atom. The standard InChI is InChI=1S/C15H28N4O.HI/c1-3-15(7-4-8-15)11-19-14(16-2)18-10-9-17-13(20)12-5-6-12;/h12H,3-11H2,1-2H3,(H,17,20)(H2,16,18,19);1H. The summed E-state index contributed by atoms with van der Waals surface area (Å²) in [5, 5.41) is 9.61. The molecule has 1 amide bonds. The van der Waals surface area contributed by atoms with Crippen molar-refractivity contribution >= 4 is 35.8 Å². The van der Waals surface area contributed by atoms with Crippen LogP contribution in [-0.2, 0) is 4.79 Å². The highest BCUT2D eigenvalue weighted by molar-refractivity contribution is 14.0. The normalized spacial score (nSPS) is 20.0. The van der Waals surface area contributed by atoms with E-state index in [-0.39, 0.29) is 35.8 Å². The molecule has 3 N–H and O–H groups in total. The maximum atomic E-state index is 11.5. The minimum absolute atomic E-state index is 0.